The number of ether oxygens (including phenoxy) is 1. The molecule has 2 aliphatic heterocycles. The fraction of sp³-hybridized carbons (Fsp3) is 0.500. The topological polar surface area (TPSA) is 29.5 Å². The molecule has 0 bridgehead atoms. The highest BCUT2D eigenvalue weighted by Gasteiger charge is 2.38. The van der Waals surface area contributed by atoms with Gasteiger partial charge < -0.3 is 14.4 Å². The molecule has 2 aliphatic rings. The van der Waals surface area contributed by atoms with Crippen LogP contribution in [0.1, 0.15) is 12.0 Å². The van der Waals surface area contributed by atoms with Crippen molar-refractivity contribution in [1.82, 2.24) is 0 Å². The van der Waals surface area contributed by atoms with E-state index >= 15 is 0 Å². The molecule has 0 amide bonds. The molecule has 0 aromatic heterocycles. The van der Waals surface area contributed by atoms with Crippen molar-refractivity contribution in [2.75, 3.05) is 31.2 Å². The van der Waals surface area contributed by atoms with Gasteiger partial charge in [0.1, 0.15) is 12.1 Å². The molecule has 1 atom stereocenters. The van der Waals surface area contributed by atoms with Crippen LogP contribution >= 0.6 is 0 Å². The monoisotopic (exact) mass is 249 g/mol. The molecule has 0 spiro atoms. The van der Waals surface area contributed by atoms with Crippen LogP contribution in [0.5, 0.6) is 0 Å². The van der Waals surface area contributed by atoms with E-state index in [9.17, 15) is 9.18 Å². The summed E-state index contributed by atoms with van der Waals surface area (Å²) in [6, 6.07) is 4.90. The molecule has 1 fully saturated rings. The molecule has 3 rings (SSSR count). The molecule has 0 saturated carbocycles. The first kappa shape index (κ1) is 11.7. The van der Waals surface area contributed by atoms with Crippen molar-refractivity contribution in [3.63, 3.8) is 0 Å². The van der Waals surface area contributed by atoms with Gasteiger partial charge in [-0.15, -0.1) is 0 Å². The summed E-state index contributed by atoms with van der Waals surface area (Å²) in [7, 11) is 0. The van der Waals surface area contributed by atoms with Crippen LogP contribution in [0.25, 0.3) is 0 Å². The number of nitrogens with zero attached hydrogens (tertiary/aromatic N) is 1. The first-order valence-electron chi connectivity index (χ1n) is 6.30. The van der Waals surface area contributed by atoms with E-state index in [4.69, 9.17) is 4.74 Å². The van der Waals surface area contributed by atoms with E-state index < -0.39 is 5.41 Å². The molecule has 18 heavy (non-hydrogen) atoms. The van der Waals surface area contributed by atoms with Crippen molar-refractivity contribution >= 4 is 12.0 Å². The molecule has 2 heterocycles. The lowest BCUT2D eigenvalue weighted by molar-refractivity contribution is -0.115. The zero-order chi connectivity index (χ0) is 12.6. The van der Waals surface area contributed by atoms with E-state index in [0.29, 0.717) is 19.8 Å². The van der Waals surface area contributed by atoms with Gasteiger partial charge in [0.05, 0.1) is 12.0 Å². The van der Waals surface area contributed by atoms with Crippen molar-refractivity contribution in [2.24, 2.45) is 5.41 Å². The Hall–Kier alpha value is -1.42. The maximum Gasteiger partial charge on any atom is 0.130 e. The van der Waals surface area contributed by atoms with Gasteiger partial charge in [0.15, 0.2) is 0 Å². The quantitative estimate of drug-likeness (QED) is 0.765. The van der Waals surface area contributed by atoms with Gasteiger partial charge in [0, 0.05) is 25.4 Å². The number of rotatable bonds is 3. The minimum atomic E-state index is -0.409. The van der Waals surface area contributed by atoms with Crippen molar-refractivity contribution in [1.29, 1.82) is 0 Å². The Morgan fingerprint density at radius 1 is 1.50 bits per heavy atom. The van der Waals surface area contributed by atoms with Gasteiger partial charge in [0.2, 0.25) is 0 Å². The lowest BCUT2D eigenvalue weighted by atomic mass is 9.88. The Kier molecular flexibility index (Phi) is 2.82. The summed E-state index contributed by atoms with van der Waals surface area (Å²) < 4.78 is 18.6. The van der Waals surface area contributed by atoms with Crippen molar-refractivity contribution in [3.8, 4) is 0 Å². The number of hydrogen-bond donors (Lipinski definition) is 0. The molecule has 0 aliphatic carbocycles. The number of halogens is 1. The number of aldehydes is 1. The highest BCUT2D eigenvalue weighted by Crippen LogP contribution is 2.34. The zero-order valence-corrected chi connectivity index (χ0v) is 10.2. The molecule has 1 unspecified atom stereocenters. The molecule has 96 valence electrons. The van der Waals surface area contributed by atoms with E-state index in [0.717, 1.165) is 36.9 Å². The molecule has 1 saturated heterocycles. The van der Waals surface area contributed by atoms with Crippen molar-refractivity contribution < 1.29 is 13.9 Å². The zero-order valence-electron chi connectivity index (χ0n) is 10.2. The first-order valence-corrected chi connectivity index (χ1v) is 6.30. The minimum absolute atomic E-state index is 0.219. The smallest absolute Gasteiger partial charge is 0.130 e. The van der Waals surface area contributed by atoms with Crippen molar-refractivity contribution in [3.05, 3.63) is 29.6 Å². The van der Waals surface area contributed by atoms with E-state index in [1.54, 1.807) is 6.07 Å². The third-order valence-electron chi connectivity index (χ3n) is 3.93. The van der Waals surface area contributed by atoms with Crippen molar-refractivity contribution in [2.45, 2.75) is 12.8 Å². The second-order valence-corrected chi connectivity index (χ2v) is 5.23. The second kappa shape index (κ2) is 4.35. The first-order chi connectivity index (χ1) is 8.72. The van der Waals surface area contributed by atoms with E-state index in [2.05, 4.69) is 4.90 Å². The normalized spacial score (nSPS) is 26.4. The van der Waals surface area contributed by atoms with Crippen LogP contribution in [0.3, 0.4) is 0 Å². The Bertz CT molecular complexity index is 469. The van der Waals surface area contributed by atoms with Crippen LogP contribution in [-0.2, 0) is 16.0 Å². The molecular weight excluding hydrogens is 233 g/mol. The largest absolute Gasteiger partial charge is 0.380 e. The fourth-order valence-electron chi connectivity index (χ4n) is 2.84. The molecule has 1 aromatic carbocycles. The number of fused-ring (bicyclic) bond motifs is 1. The summed E-state index contributed by atoms with van der Waals surface area (Å²) >= 11 is 0. The van der Waals surface area contributed by atoms with Gasteiger partial charge in [-0.2, -0.15) is 0 Å². The predicted molar refractivity (Wildman–Crippen MR) is 66.3 cm³/mol. The second-order valence-electron chi connectivity index (χ2n) is 5.23. The maximum absolute atomic E-state index is 13.3. The van der Waals surface area contributed by atoms with Crippen LogP contribution in [0.15, 0.2) is 18.2 Å². The molecule has 4 heteroatoms. The van der Waals surface area contributed by atoms with Gasteiger partial charge >= 0.3 is 0 Å². The third kappa shape index (κ3) is 1.90. The van der Waals surface area contributed by atoms with E-state index in [-0.39, 0.29) is 5.82 Å². The number of carbonyl (C=O) groups excluding carboxylic acids is 1. The highest BCUT2D eigenvalue weighted by atomic mass is 19.1. The highest BCUT2D eigenvalue weighted by molar-refractivity contribution is 5.64. The average Bonchev–Trinajstić information content (AvgIpc) is 2.98. The van der Waals surface area contributed by atoms with Crippen LogP contribution in [0, 0.1) is 11.2 Å². The third-order valence-corrected chi connectivity index (χ3v) is 3.93. The van der Waals surface area contributed by atoms with Gasteiger partial charge in [-0.3, -0.25) is 0 Å². The number of carbonyl (C=O) groups is 1. The standard InChI is InChI=1S/C14H16FNO2/c15-12-2-1-11-3-5-16(13(11)7-12)8-14(9-17)4-6-18-10-14/h1-2,7,9H,3-6,8,10H2. The summed E-state index contributed by atoms with van der Waals surface area (Å²) in [5.41, 5.74) is 1.69. The molecule has 1 aromatic rings. The SMILES string of the molecule is O=CC1(CN2CCc3ccc(F)cc32)CCOC1. The maximum atomic E-state index is 13.3. The lowest BCUT2D eigenvalue weighted by Gasteiger charge is -2.29. The molecule has 3 nitrogen and oxygen atoms in total. The lowest BCUT2D eigenvalue weighted by Crippen LogP contribution is -2.38. The summed E-state index contributed by atoms with van der Waals surface area (Å²) in [5, 5.41) is 0. The van der Waals surface area contributed by atoms with Crippen LogP contribution < -0.4 is 4.90 Å². The fourth-order valence-corrected chi connectivity index (χ4v) is 2.84. The Morgan fingerprint density at radius 3 is 3.11 bits per heavy atom. The summed E-state index contributed by atoms with van der Waals surface area (Å²) in [4.78, 5) is 13.4. The van der Waals surface area contributed by atoms with Gasteiger partial charge in [-0.1, -0.05) is 6.07 Å². The minimum Gasteiger partial charge on any atom is -0.380 e. The van der Waals surface area contributed by atoms with Gasteiger partial charge in [0.25, 0.3) is 0 Å². The van der Waals surface area contributed by atoms with E-state index in [1.165, 1.54) is 6.07 Å². The Morgan fingerprint density at radius 2 is 2.39 bits per heavy atom. The van der Waals surface area contributed by atoms with Crippen LogP contribution in [0.4, 0.5) is 10.1 Å². The predicted octanol–water partition coefficient (Wildman–Crippen LogP) is 1.79. The number of benzene rings is 1. The molecule has 0 radical (unpaired) electrons. The van der Waals surface area contributed by atoms with Crippen LogP contribution in [-0.4, -0.2) is 32.6 Å². The summed E-state index contributed by atoms with van der Waals surface area (Å²) in [6.45, 7) is 2.61. The number of hydrogen-bond acceptors (Lipinski definition) is 3. The van der Waals surface area contributed by atoms with Gasteiger partial charge in [-0.05, 0) is 30.5 Å². The van der Waals surface area contributed by atoms with E-state index in [1.807, 2.05) is 6.07 Å². The molecular formula is C14H16FNO2. The average molecular weight is 249 g/mol. The Balaban J connectivity index is 1.84. The number of anilines is 1. The summed E-state index contributed by atoms with van der Waals surface area (Å²) in [6.07, 6.45) is 2.69. The van der Waals surface area contributed by atoms with Crippen LogP contribution in [0.2, 0.25) is 0 Å². The molecule has 0 N–H and O–H groups in total. The Labute approximate surface area is 106 Å². The van der Waals surface area contributed by atoms with Gasteiger partial charge in [-0.25, -0.2) is 4.39 Å². The summed E-state index contributed by atoms with van der Waals surface area (Å²) in [5.74, 6) is -0.219.